The van der Waals surface area contributed by atoms with Crippen LogP contribution in [0, 0.1) is 17.2 Å². The van der Waals surface area contributed by atoms with Gasteiger partial charge in [0.15, 0.2) is 0 Å². The molecule has 0 atom stereocenters. The predicted molar refractivity (Wildman–Crippen MR) is 76.8 cm³/mol. The van der Waals surface area contributed by atoms with Gasteiger partial charge in [-0.2, -0.15) is 10.4 Å². The molecule has 0 fully saturated rings. The fourth-order valence-corrected chi connectivity index (χ4v) is 1.61. The van der Waals surface area contributed by atoms with Crippen LogP contribution in [0.25, 0.3) is 0 Å². The lowest BCUT2D eigenvalue weighted by molar-refractivity contribution is 0.341. The van der Waals surface area contributed by atoms with Gasteiger partial charge in [-0.05, 0) is 25.1 Å². The van der Waals surface area contributed by atoms with Crippen LogP contribution in [0.2, 0.25) is 0 Å². The van der Waals surface area contributed by atoms with E-state index < -0.39 is 0 Å². The molecule has 0 amide bonds. The molecule has 0 heterocycles. The predicted octanol–water partition coefficient (Wildman–Crippen LogP) is 3.80. The highest BCUT2D eigenvalue weighted by Gasteiger charge is 2.06. The molecule has 1 aromatic carbocycles. The number of hydrazone groups is 1. The first-order chi connectivity index (χ1) is 8.58. The monoisotopic (exact) mass is 309 g/mol. The molecule has 0 bridgehead atoms. The minimum Gasteiger partial charge on any atom is -0.492 e. The van der Waals surface area contributed by atoms with Crippen molar-refractivity contribution in [1.29, 1.82) is 5.26 Å². The number of hydrogen-bond acceptors (Lipinski definition) is 4. The number of rotatable bonds is 5. The van der Waals surface area contributed by atoms with Crippen molar-refractivity contribution in [3.05, 3.63) is 22.7 Å². The molecule has 0 aromatic heterocycles. The van der Waals surface area contributed by atoms with Crippen LogP contribution in [0.4, 0.5) is 5.69 Å². The second-order valence-corrected chi connectivity index (χ2v) is 4.86. The van der Waals surface area contributed by atoms with E-state index in [4.69, 9.17) is 10.00 Å². The van der Waals surface area contributed by atoms with Crippen molar-refractivity contribution in [2.24, 2.45) is 11.0 Å². The molecule has 0 unspecified atom stereocenters. The van der Waals surface area contributed by atoms with E-state index in [2.05, 4.69) is 32.5 Å². The lowest BCUT2D eigenvalue weighted by Crippen LogP contribution is -2.07. The van der Waals surface area contributed by atoms with Gasteiger partial charge in [0.1, 0.15) is 17.5 Å². The summed E-state index contributed by atoms with van der Waals surface area (Å²) in [5, 5.41) is 13.0. The van der Waals surface area contributed by atoms with Crippen molar-refractivity contribution >= 4 is 27.3 Å². The lowest BCUT2D eigenvalue weighted by atomic mass is 10.1. The summed E-state index contributed by atoms with van der Waals surface area (Å²) in [6, 6.07) is 7.68. The van der Waals surface area contributed by atoms with Gasteiger partial charge in [-0.15, -0.1) is 0 Å². The third-order valence-corrected chi connectivity index (χ3v) is 2.69. The summed E-state index contributed by atoms with van der Waals surface area (Å²) < 4.78 is 6.43. The highest BCUT2D eigenvalue weighted by atomic mass is 79.9. The second-order valence-electron chi connectivity index (χ2n) is 3.95. The van der Waals surface area contributed by atoms with E-state index in [1.54, 1.807) is 0 Å². The van der Waals surface area contributed by atoms with Gasteiger partial charge in [-0.25, -0.2) is 0 Å². The van der Waals surface area contributed by atoms with Crippen molar-refractivity contribution in [2.75, 3.05) is 12.0 Å². The SMILES string of the molecule is CCOc1cc(Br)ccc1NN=C(C#N)C(C)C. The zero-order valence-corrected chi connectivity index (χ0v) is 12.3. The standard InChI is InChI=1S/C13H16BrN3O/c1-4-18-13-7-10(14)5-6-11(13)16-17-12(8-15)9(2)3/h5-7,9,16H,4H2,1-3H3. The minimum atomic E-state index is 0.0912. The first kappa shape index (κ1) is 14.5. The Kier molecular flexibility index (Phi) is 5.66. The van der Waals surface area contributed by atoms with E-state index >= 15 is 0 Å². The average molecular weight is 310 g/mol. The van der Waals surface area contributed by atoms with Crippen molar-refractivity contribution in [3.8, 4) is 11.8 Å². The van der Waals surface area contributed by atoms with Crippen molar-refractivity contribution in [3.63, 3.8) is 0 Å². The molecule has 0 saturated carbocycles. The summed E-state index contributed by atoms with van der Waals surface area (Å²) in [7, 11) is 0. The van der Waals surface area contributed by atoms with Gasteiger partial charge in [0, 0.05) is 10.4 Å². The van der Waals surface area contributed by atoms with Crippen LogP contribution in [0.15, 0.2) is 27.8 Å². The number of ether oxygens (including phenoxy) is 1. The lowest BCUT2D eigenvalue weighted by Gasteiger charge is -2.10. The van der Waals surface area contributed by atoms with E-state index in [0.29, 0.717) is 18.1 Å². The largest absolute Gasteiger partial charge is 0.492 e. The molecule has 0 aliphatic heterocycles. The molecular formula is C13H16BrN3O. The molecule has 1 aromatic rings. The number of nitrogens with zero attached hydrogens (tertiary/aromatic N) is 2. The smallest absolute Gasteiger partial charge is 0.145 e. The third kappa shape index (κ3) is 4.04. The molecule has 0 radical (unpaired) electrons. The number of nitrogens with one attached hydrogen (secondary N) is 1. The van der Waals surface area contributed by atoms with E-state index in [0.717, 1.165) is 10.2 Å². The Bertz CT molecular complexity index is 478. The molecular weight excluding hydrogens is 294 g/mol. The number of benzene rings is 1. The van der Waals surface area contributed by atoms with Gasteiger partial charge in [-0.3, -0.25) is 5.43 Å². The van der Waals surface area contributed by atoms with Crippen LogP contribution >= 0.6 is 15.9 Å². The summed E-state index contributed by atoms with van der Waals surface area (Å²) in [5.41, 5.74) is 4.08. The zero-order valence-electron chi connectivity index (χ0n) is 10.7. The molecule has 1 N–H and O–H groups in total. The Morgan fingerprint density at radius 1 is 1.56 bits per heavy atom. The molecule has 4 nitrogen and oxygen atoms in total. The number of hydrogen-bond donors (Lipinski definition) is 1. The van der Waals surface area contributed by atoms with Gasteiger partial charge >= 0.3 is 0 Å². The Hall–Kier alpha value is -1.54. The molecule has 0 aliphatic rings. The fourth-order valence-electron chi connectivity index (χ4n) is 1.27. The highest BCUT2D eigenvalue weighted by Crippen LogP contribution is 2.28. The normalized spacial score (nSPS) is 11.2. The summed E-state index contributed by atoms with van der Waals surface area (Å²) in [5.74, 6) is 0.796. The Balaban J connectivity index is 2.94. The van der Waals surface area contributed by atoms with Gasteiger partial charge in [-0.1, -0.05) is 29.8 Å². The summed E-state index contributed by atoms with van der Waals surface area (Å²) >= 11 is 3.39. The van der Waals surface area contributed by atoms with Crippen molar-refractivity contribution < 1.29 is 4.74 Å². The first-order valence-electron chi connectivity index (χ1n) is 5.74. The topological polar surface area (TPSA) is 57.4 Å². The van der Waals surface area contributed by atoms with Crippen LogP contribution in [0.5, 0.6) is 5.75 Å². The molecule has 1 rings (SSSR count). The molecule has 0 saturated heterocycles. The van der Waals surface area contributed by atoms with E-state index in [-0.39, 0.29) is 5.92 Å². The Morgan fingerprint density at radius 3 is 2.83 bits per heavy atom. The number of halogens is 1. The summed E-state index contributed by atoms with van der Waals surface area (Å²) in [6.45, 7) is 6.34. The molecule has 96 valence electrons. The van der Waals surface area contributed by atoms with E-state index in [1.807, 2.05) is 39.0 Å². The molecule has 0 aliphatic carbocycles. The minimum absolute atomic E-state index is 0.0912. The quantitative estimate of drug-likeness (QED) is 0.665. The number of anilines is 1. The fraction of sp³-hybridized carbons (Fsp3) is 0.385. The molecule has 0 spiro atoms. The maximum absolute atomic E-state index is 8.93. The van der Waals surface area contributed by atoms with Crippen LogP contribution in [0.1, 0.15) is 20.8 Å². The van der Waals surface area contributed by atoms with E-state index in [9.17, 15) is 0 Å². The van der Waals surface area contributed by atoms with Gasteiger partial charge in [0.2, 0.25) is 0 Å². The van der Waals surface area contributed by atoms with Crippen molar-refractivity contribution in [1.82, 2.24) is 0 Å². The number of nitriles is 1. The van der Waals surface area contributed by atoms with Gasteiger partial charge in [0.25, 0.3) is 0 Å². The summed E-state index contributed by atoms with van der Waals surface area (Å²) in [6.07, 6.45) is 0. The second kappa shape index (κ2) is 7.02. The maximum atomic E-state index is 8.93. The average Bonchev–Trinajstić information content (AvgIpc) is 2.32. The maximum Gasteiger partial charge on any atom is 0.145 e. The third-order valence-electron chi connectivity index (χ3n) is 2.20. The zero-order chi connectivity index (χ0) is 13.5. The Labute approximate surface area is 116 Å². The van der Waals surface area contributed by atoms with Gasteiger partial charge in [0.05, 0.1) is 12.3 Å². The van der Waals surface area contributed by atoms with Crippen molar-refractivity contribution in [2.45, 2.75) is 20.8 Å². The summed E-state index contributed by atoms with van der Waals surface area (Å²) in [4.78, 5) is 0. The highest BCUT2D eigenvalue weighted by molar-refractivity contribution is 9.10. The Morgan fingerprint density at radius 2 is 2.28 bits per heavy atom. The van der Waals surface area contributed by atoms with Crippen LogP contribution < -0.4 is 10.2 Å². The molecule has 5 heteroatoms. The van der Waals surface area contributed by atoms with E-state index in [1.165, 1.54) is 0 Å². The van der Waals surface area contributed by atoms with Gasteiger partial charge < -0.3 is 4.74 Å². The van der Waals surface area contributed by atoms with Crippen LogP contribution in [-0.4, -0.2) is 12.3 Å². The molecule has 18 heavy (non-hydrogen) atoms. The van der Waals surface area contributed by atoms with Crippen LogP contribution in [0.3, 0.4) is 0 Å². The first-order valence-corrected chi connectivity index (χ1v) is 6.53. The van der Waals surface area contributed by atoms with Crippen LogP contribution in [-0.2, 0) is 0 Å².